The van der Waals surface area contributed by atoms with Crippen LogP contribution in [0, 0.1) is 0 Å². The zero-order chi connectivity index (χ0) is 12.4. The van der Waals surface area contributed by atoms with Gasteiger partial charge in [0.1, 0.15) is 5.75 Å². The molecule has 2 unspecified atom stereocenters. The smallest absolute Gasteiger partial charge is 0.120 e. The molecule has 0 bridgehead atoms. The number of hydrogen-bond acceptors (Lipinski definition) is 3. The summed E-state index contributed by atoms with van der Waals surface area (Å²) in [4.78, 5) is 2.27. The Bertz CT molecular complexity index is 391. The molecule has 2 atom stereocenters. The molecule has 0 amide bonds. The minimum atomic E-state index is 0.180. The molecule has 1 aromatic rings. The SMILES string of the molecule is CC(c1cc(Br)ccc1O)N(C)C1CCOC1. The van der Waals surface area contributed by atoms with Crippen LogP contribution < -0.4 is 0 Å². The average molecular weight is 300 g/mol. The number of likely N-dealkylation sites (N-methyl/N-ethyl adjacent to an activating group) is 1. The lowest BCUT2D eigenvalue weighted by atomic mass is 10.0. The molecule has 1 heterocycles. The monoisotopic (exact) mass is 299 g/mol. The second kappa shape index (κ2) is 5.38. The maximum Gasteiger partial charge on any atom is 0.120 e. The molecular weight excluding hydrogens is 282 g/mol. The molecule has 1 aliphatic rings. The van der Waals surface area contributed by atoms with Gasteiger partial charge in [0.25, 0.3) is 0 Å². The first kappa shape index (κ1) is 12.9. The van der Waals surface area contributed by atoms with Crippen molar-refractivity contribution in [2.75, 3.05) is 20.3 Å². The van der Waals surface area contributed by atoms with Crippen molar-refractivity contribution in [2.24, 2.45) is 0 Å². The molecule has 0 saturated carbocycles. The molecule has 1 saturated heterocycles. The van der Waals surface area contributed by atoms with Crippen LogP contribution in [0.15, 0.2) is 22.7 Å². The summed E-state index contributed by atoms with van der Waals surface area (Å²) in [6, 6.07) is 6.19. The van der Waals surface area contributed by atoms with Gasteiger partial charge in [0.15, 0.2) is 0 Å². The van der Waals surface area contributed by atoms with E-state index in [9.17, 15) is 5.11 Å². The van der Waals surface area contributed by atoms with E-state index in [-0.39, 0.29) is 6.04 Å². The fourth-order valence-corrected chi connectivity index (χ4v) is 2.62. The number of rotatable bonds is 3. The van der Waals surface area contributed by atoms with E-state index >= 15 is 0 Å². The topological polar surface area (TPSA) is 32.7 Å². The van der Waals surface area contributed by atoms with Crippen molar-refractivity contribution in [3.8, 4) is 5.75 Å². The third kappa shape index (κ3) is 2.81. The Morgan fingerprint density at radius 3 is 2.94 bits per heavy atom. The van der Waals surface area contributed by atoms with Crippen molar-refractivity contribution < 1.29 is 9.84 Å². The molecule has 1 N–H and O–H groups in total. The van der Waals surface area contributed by atoms with Crippen LogP contribution in [-0.4, -0.2) is 36.3 Å². The number of aromatic hydroxyl groups is 1. The van der Waals surface area contributed by atoms with Crippen LogP contribution in [0.5, 0.6) is 5.75 Å². The van der Waals surface area contributed by atoms with Crippen LogP contribution in [0.2, 0.25) is 0 Å². The molecule has 3 nitrogen and oxygen atoms in total. The van der Waals surface area contributed by atoms with Gasteiger partial charge in [0.2, 0.25) is 0 Å². The van der Waals surface area contributed by atoms with Gasteiger partial charge < -0.3 is 9.84 Å². The molecule has 0 spiro atoms. The molecule has 0 aromatic heterocycles. The highest BCUT2D eigenvalue weighted by atomic mass is 79.9. The molecule has 4 heteroatoms. The van der Waals surface area contributed by atoms with Gasteiger partial charge in [-0.2, -0.15) is 0 Å². The van der Waals surface area contributed by atoms with E-state index in [1.54, 1.807) is 6.07 Å². The molecule has 94 valence electrons. The van der Waals surface area contributed by atoms with E-state index < -0.39 is 0 Å². The maximum absolute atomic E-state index is 9.92. The van der Waals surface area contributed by atoms with E-state index in [0.29, 0.717) is 11.8 Å². The summed E-state index contributed by atoms with van der Waals surface area (Å²) in [5.41, 5.74) is 0.953. The summed E-state index contributed by atoms with van der Waals surface area (Å²) in [7, 11) is 2.09. The number of nitrogens with zero attached hydrogens (tertiary/aromatic N) is 1. The number of halogens is 1. The first-order valence-corrected chi connectivity index (χ1v) is 6.67. The minimum Gasteiger partial charge on any atom is -0.508 e. The van der Waals surface area contributed by atoms with Crippen molar-refractivity contribution >= 4 is 15.9 Å². The zero-order valence-corrected chi connectivity index (χ0v) is 11.8. The molecule has 17 heavy (non-hydrogen) atoms. The summed E-state index contributed by atoms with van der Waals surface area (Å²) in [5.74, 6) is 0.353. The maximum atomic E-state index is 9.92. The number of phenolic OH excluding ortho intramolecular Hbond substituents is 1. The quantitative estimate of drug-likeness (QED) is 0.931. The van der Waals surface area contributed by atoms with Gasteiger partial charge in [0, 0.05) is 28.7 Å². The number of benzene rings is 1. The molecular formula is C13H18BrNO2. The zero-order valence-electron chi connectivity index (χ0n) is 10.2. The lowest BCUT2D eigenvalue weighted by molar-refractivity contribution is 0.137. The third-order valence-corrected chi connectivity index (χ3v) is 4.03. The molecule has 0 radical (unpaired) electrons. The predicted molar refractivity (Wildman–Crippen MR) is 71.2 cm³/mol. The van der Waals surface area contributed by atoms with Crippen LogP contribution >= 0.6 is 15.9 Å². The fraction of sp³-hybridized carbons (Fsp3) is 0.538. The van der Waals surface area contributed by atoms with Crippen LogP contribution in [0.4, 0.5) is 0 Å². The van der Waals surface area contributed by atoms with E-state index in [0.717, 1.165) is 29.7 Å². The Balaban J connectivity index is 2.17. The largest absolute Gasteiger partial charge is 0.508 e. The van der Waals surface area contributed by atoms with Gasteiger partial charge in [-0.15, -0.1) is 0 Å². The van der Waals surface area contributed by atoms with Gasteiger partial charge in [-0.3, -0.25) is 4.90 Å². The first-order valence-electron chi connectivity index (χ1n) is 5.87. The third-order valence-electron chi connectivity index (χ3n) is 3.53. The summed E-state index contributed by atoms with van der Waals surface area (Å²) in [6.45, 7) is 3.74. The van der Waals surface area contributed by atoms with Gasteiger partial charge in [-0.25, -0.2) is 0 Å². The number of phenols is 1. The lowest BCUT2D eigenvalue weighted by Crippen LogP contribution is -2.34. The summed E-state index contributed by atoms with van der Waals surface area (Å²) in [5, 5.41) is 9.92. The van der Waals surface area contributed by atoms with Crippen LogP contribution in [0.25, 0.3) is 0 Å². The molecule has 1 aliphatic heterocycles. The Kier molecular flexibility index (Phi) is 4.07. The van der Waals surface area contributed by atoms with Crippen molar-refractivity contribution in [3.63, 3.8) is 0 Å². The second-order valence-electron chi connectivity index (χ2n) is 4.56. The molecule has 0 aliphatic carbocycles. The average Bonchev–Trinajstić information content (AvgIpc) is 2.84. The normalized spacial score (nSPS) is 22.0. The number of ether oxygens (including phenoxy) is 1. The summed E-state index contributed by atoms with van der Waals surface area (Å²) in [6.07, 6.45) is 1.07. The van der Waals surface area contributed by atoms with Crippen LogP contribution in [0.3, 0.4) is 0 Å². The Labute approximate surface area is 111 Å². The second-order valence-corrected chi connectivity index (χ2v) is 5.48. The van der Waals surface area contributed by atoms with E-state index in [1.807, 2.05) is 12.1 Å². The van der Waals surface area contributed by atoms with Crippen molar-refractivity contribution in [3.05, 3.63) is 28.2 Å². The van der Waals surface area contributed by atoms with Crippen LogP contribution in [0.1, 0.15) is 24.9 Å². The fourth-order valence-electron chi connectivity index (χ4n) is 2.24. The summed E-state index contributed by atoms with van der Waals surface area (Å²) < 4.78 is 6.40. The van der Waals surface area contributed by atoms with E-state index in [4.69, 9.17) is 4.74 Å². The van der Waals surface area contributed by atoms with Crippen LogP contribution in [-0.2, 0) is 4.74 Å². The van der Waals surface area contributed by atoms with E-state index in [2.05, 4.69) is 34.8 Å². The minimum absolute atomic E-state index is 0.180. The van der Waals surface area contributed by atoms with Gasteiger partial charge >= 0.3 is 0 Å². The Hall–Kier alpha value is -0.580. The highest BCUT2D eigenvalue weighted by molar-refractivity contribution is 9.10. The summed E-state index contributed by atoms with van der Waals surface area (Å²) >= 11 is 3.44. The first-order chi connectivity index (χ1) is 8.09. The molecule has 2 rings (SSSR count). The van der Waals surface area contributed by atoms with Gasteiger partial charge in [-0.1, -0.05) is 15.9 Å². The van der Waals surface area contributed by atoms with Gasteiger partial charge in [-0.05, 0) is 38.6 Å². The van der Waals surface area contributed by atoms with Crippen molar-refractivity contribution in [2.45, 2.75) is 25.4 Å². The highest BCUT2D eigenvalue weighted by Crippen LogP contribution is 2.32. The predicted octanol–water partition coefficient (Wildman–Crippen LogP) is 2.94. The van der Waals surface area contributed by atoms with Crippen molar-refractivity contribution in [1.29, 1.82) is 0 Å². The van der Waals surface area contributed by atoms with E-state index in [1.165, 1.54) is 0 Å². The standard InChI is InChI=1S/C13H18BrNO2/c1-9(15(2)11-5-6-17-8-11)12-7-10(14)3-4-13(12)16/h3-4,7,9,11,16H,5-6,8H2,1-2H3. The van der Waals surface area contributed by atoms with Crippen molar-refractivity contribution in [1.82, 2.24) is 4.90 Å². The molecule has 1 aromatic carbocycles. The number of hydrogen-bond donors (Lipinski definition) is 1. The highest BCUT2D eigenvalue weighted by Gasteiger charge is 2.25. The Morgan fingerprint density at radius 2 is 2.29 bits per heavy atom. The Morgan fingerprint density at radius 1 is 1.53 bits per heavy atom. The van der Waals surface area contributed by atoms with Gasteiger partial charge in [0.05, 0.1) is 6.61 Å². The lowest BCUT2D eigenvalue weighted by Gasteiger charge is -2.30. The molecule has 1 fully saturated rings.